The Bertz CT molecular complexity index is 837. The van der Waals surface area contributed by atoms with Crippen LogP contribution in [0.2, 0.25) is 0 Å². The molecular weight excluding hydrogens is 351 g/mol. The summed E-state index contributed by atoms with van der Waals surface area (Å²) in [5.74, 6) is 0.481. The van der Waals surface area contributed by atoms with Crippen molar-refractivity contribution in [2.45, 2.75) is 5.41 Å². The number of phenols is 1. The lowest BCUT2D eigenvalue weighted by atomic mass is 9.73. The summed E-state index contributed by atoms with van der Waals surface area (Å²) in [6.07, 6.45) is 1.85. The van der Waals surface area contributed by atoms with Gasteiger partial charge in [0.2, 0.25) is 0 Å². The molecule has 112 valence electrons. The molecule has 0 unspecified atom stereocenters. The van der Waals surface area contributed by atoms with Gasteiger partial charge in [-0.15, -0.1) is 0 Å². The molecule has 4 rings (SSSR count). The molecule has 4 nitrogen and oxygen atoms in total. The second kappa shape index (κ2) is 4.39. The van der Waals surface area contributed by atoms with Crippen LogP contribution in [0.1, 0.15) is 11.1 Å². The third-order valence-electron chi connectivity index (χ3n) is 4.12. The number of nitrogens with two attached hydrogens (primary N) is 1. The predicted molar refractivity (Wildman–Crippen MR) is 83.3 cm³/mol. The third-order valence-corrected chi connectivity index (χ3v) is 4.61. The lowest BCUT2D eigenvalue weighted by molar-refractivity contribution is 0.387. The summed E-state index contributed by atoms with van der Waals surface area (Å²) in [4.78, 5) is 0. The zero-order chi connectivity index (χ0) is 15.5. The van der Waals surface area contributed by atoms with Crippen molar-refractivity contribution < 1.29 is 14.2 Å². The molecule has 0 saturated carbocycles. The summed E-state index contributed by atoms with van der Waals surface area (Å²) < 4.78 is 20.9. The summed E-state index contributed by atoms with van der Waals surface area (Å²) in [5.41, 5.74) is 6.67. The van der Waals surface area contributed by atoms with Crippen molar-refractivity contribution in [1.82, 2.24) is 5.32 Å². The van der Waals surface area contributed by atoms with E-state index in [1.807, 2.05) is 18.2 Å². The van der Waals surface area contributed by atoms with Crippen LogP contribution < -0.4 is 15.8 Å². The van der Waals surface area contributed by atoms with Crippen LogP contribution >= 0.6 is 15.9 Å². The molecule has 0 aromatic heterocycles. The lowest BCUT2D eigenvalue weighted by Gasteiger charge is -2.35. The van der Waals surface area contributed by atoms with E-state index in [0.717, 1.165) is 16.1 Å². The van der Waals surface area contributed by atoms with Gasteiger partial charge in [-0.25, -0.2) is 4.39 Å². The number of hydrogen-bond acceptors (Lipinski definition) is 4. The normalized spacial score (nSPS) is 21.6. The summed E-state index contributed by atoms with van der Waals surface area (Å²) in [7, 11) is 0. The van der Waals surface area contributed by atoms with Gasteiger partial charge in [-0.3, -0.25) is 0 Å². The van der Waals surface area contributed by atoms with Gasteiger partial charge in [-0.1, -0.05) is 15.9 Å². The third kappa shape index (κ3) is 1.73. The van der Waals surface area contributed by atoms with Crippen LogP contribution in [0.25, 0.3) is 0 Å². The fraction of sp³-hybridized carbons (Fsp3) is 0.125. The maximum Gasteiger partial charge on any atom is 0.169 e. The molecule has 0 aliphatic carbocycles. The Morgan fingerprint density at radius 2 is 2.09 bits per heavy atom. The van der Waals surface area contributed by atoms with Crippen molar-refractivity contribution in [3.63, 3.8) is 0 Å². The van der Waals surface area contributed by atoms with Gasteiger partial charge in [0.05, 0.1) is 11.2 Å². The summed E-state index contributed by atoms with van der Waals surface area (Å²) in [5, 5.41) is 12.9. The van der Waals surface area contributed by atoms with Crippen LogP contribution in [-0.2, 0) is 5.41 Å². The number of aromatic hydroxyl groups is 1. The number of rotatable bonds is 0. The first-order chi connectivity index (χ1) is 10.5. The number of nitrogens with one attached hydrogen (secondary N) is 1. The molecule has 2 aliphatic rings. The quantitative estimate of drug-likeness (QED) is 0.673. The second-order valence-electron chi connectivity index (χ2n) is 5.47. The smallest absolute Gasteiger partial charge is 0.169 e. The first kappa shape index (κ1) is 13.5. The predicted octanol–water partition coefficient (Wildman–Crippen LogP) is 3.09. The Labute approximate surface area is 134 Å². The van der Waals surface area contributed by atoms with Gasteiger partial charge in [0.1, 0.15) is 11.5 Å². The van der Waals surface area contributed by atoms with Gasteiger partial charge < -0.3 is 20.9 Å². The topological polar surface area (TPSA) is 67.5 Å². The number of halogens is 2. The van der Waals surface area contributed by atoms with Crippen LogP contribution in [0.4, 0.5) is 4.39 Å². The number of phenolic OH excluding ortho intramolecular Hbond substituents is 1. The van der Waals surface area contributed by atoms with Gasteiger partial charge in [0.15, 0.2) is 11.6 Å². The van der Waals surface area contributed by atoms with Gasteiger partial charge in [-0.05, 0) is 30.3 Å². The standard InChI is InChI=1S/C16H12BrFN2O2/c17-8-1-2-13-10(3-8)16(6-14(19)20-7-16)11-4-9(21)5-12(18)15(11)22-13/h1-6,20-21H,7,19H2/t16-/m0/s1. The molecule has 0 bridgehead atoms. The molecule has 22 heavy (non-hydrogen) atoms. The summed E-state index contributed by atoms with van der Waals surface area (Å²) in [6.45, 7) is 0.474. The molecule has 2 heterocycles. The van der Waals surface area contributed by atoms with E-state index >= 15 is 0 Å². The first-order valence-corrected chi connectivity index (χ1v) is 7.52. The minimum atomic E-state index is -0.670. The van der Waals surface area contributed by atoms with Crippen molar-refractivity contribution in [1.29, 1.82) is 0 Å². The van der Waals surface area contributed by atoms with Crippen molar-refractivity contribution >= 4 is 15.9 Å². The number of ether oxygens (including phenoxy) is 1. The van der Waals surface area contributed by atoms with Crippen LogP contribution in [-0.4, -0.2) is 11.7 Å². The zero-order valence-electron chi connectivity index (χ0n) is 11.4. The van der Waals surface area contributed by atoms with E-state index in [2.05, 4.69) is 21.2 Å². The van der Waals surface area contributed by atoms with E-state index in [4.69, 9.17) is 10.5 Å². The highest BCUT2D eigenvalue weighted by molar-refractivity contribution is 9.10. The Balaban J connectivity index is 2.08. The monoisotopic (exact) mass is 362 g/mol. The molecule has 2 aromatic rings. The van der Waals surface area contributed by atoms with Crippen LogP contribution in [0.5, 0.6) is 17.2 Å². The Morgan fingerprint density at radius 1 is 1.27 bits per heavy atom. The van der Waals surface area contributed by atoms with Crippen LogP contribution in [0.15, 0.2) is 46.7 Å². The molecule has 0 amide bonds. The highest BCUT2D eigenvalue weighted by Gasteiger charge is 2.45. The van der Waals surface area contributed by atoms with E-state index in [0.29, 0.717) is 23.7 Å². The average Bonchev–Trinajstić information content (AvgIpc) is 2.85. The van der Waals surface area contributed by atoms with Gasteiger partial charge in [0, 0.05) is 28.2 Å². The van der Waals surface area contributed by atoms with Crippen molar-refractivity contribution in [3.8, 4) is 17.2 Å². The molecular formula is C16H12BrFN2O2. The van der Waals surface area contributed by atoms with Crippen LogP contribution in [0.3, 0.4) is 0 Å². The van der Waals surface area contributed by atoms with Gasteiger partial charge in [-0.2, -0.15) is 0 Å². The van der Waals surface area contributed by atoms with Crippen molar-refractivity contribution in [2.75, 3.05) is 6.54 Å². The number of hydrogen-bond donors (Lipinski definition) is 3. The fourth-order valence-corrected chi connectivity index (χ4v) is 3.53. The largest absolute Gasteiger partial charge is 0.508 e. The molecule has 0 saturated heterocycles. The molecule has 1 spiro atoms. The van der Waals surface area contributed by atoms with E-state index in [-0.39, 0.29) is 11.5 Å². The van der Waals surface area contributed by atoms with E-state index in [1.54, 1.807) is 6.07 Å². The molecule has 2 aromatic carbocycles. The summed E-state index contributed by atoms with van der Waals surface area (Å²) >= 11 is 3.45. The maximum absolute atomic E-state index is 14.3. The van der Waals surface area contributed by atoms with E-state index in [1.165, 1.54) is 6.07 Å². The average molecular weight is 363 g/mol. The van der Waals surface area contributed by atoms with Crippen LogP contribution in [0, 0.1) is 5.82 Å². The first-order valence-electron chi connectivity index (χ1n) is 6.73. The highest BCUT2D eigenvalue weighted by atomic mass is 79.9. The highest BCUT2D eigenvalue weighted by Crippen LogP contribution is 2.52. The fourth-order valence-electron chi connectivity index (χ4n) is 3.16. The molecule has 2 aliphatic heterocycles. The van der Waals surface area contributed by atoms with Gasteiger partial charge >= 0.3 is 0 Å². The van der Waals surface area contributed by atoms with Gasteiger partial charge in [0.25, 0.3) is 0 Å². The van der Waals surface area contributed by atoms with Crippen molar-refractivity contribution in [2.24, 2.45) is 5.73 Å². The maximum atomic E-state index is 14.3. The molecule has 6 heteroatoms. The van der Waals surface area contributed by atoms with Crippen molar-refractivity contribution in [3.05, 3.63) is 63.6 Å². The minimum absolute atomic E-state index is 0.125. The second-order valence-corrected chi connectivity index (χ2v) is 6.39. The Hall–Kier alpha value is -2.21. The van der Waals surface area contributed by atoms with E-state index < -0.39 is 11.2 Å². The summed E-state index contributed by atoms with van der Waals surface area (Å²) in [6, 6.07) is 8.13. The lowest BCUT2D eigenvalue weighted by Crippen LogP contribution is -2.34. The SMILES string of the molecule is NC1=C[C@]2(CN1)c1cc(Br)ccc1Oc1c(F)cc(O)cc12. The Kier molecular flexibility index (Phi) is 2.69. The number of benzene rings is 2. The Morgan fingerprint density at radius 3 is 2.82 bits per heavy atom. The molecule has 1 atom stereocenters. The number of fused-ring (bicyclic) bond motifs is 4. The molecule has 0 radical (unpaired) electrons. The molecule has 0 fully saturated rings. The molecule has 4 N–H and O–H groups in total. The minimum Gasteiger partial charge on any atom is -0.508 e. The zero-order valence-corrected chi connectivity index (χ0v) is 12.9. The van der Waals surface area contributed by atoms with E-state index in [9.17, 15) is 9.50 Å².